The lowest BCUT2D eigenvalue weighted by molar-refractivity contribution is 0.543. The van der Waals surface area contributed by atoms with E-state index in [1.807, 2.05) is 0 Å². The number of hydrogen-bond donors (Lipinski definition) is 1. The monoisotopic (exact) mass is 182 g/mol. The molecule has 72 valence electrons. The Morgan fingerprint density at radius 3 is 3.00 bits per heavy atom. The summed E-state index contributed by atoms with van der Waals surface area (Å²) in [7, 11) is 0. The van der Waals surface area contributed by atoms with E-state index in [9.17, 15) is 0 Å². The normalized spacial score (nSPS) is 22.5. The molecule has 1 unspecified atom stereocenters. The molecule has 1 aromatic rings. The van der Waals surface area contributed by atoms with E-state index in [0.717, 1.165) is 19.0 Å². The van der Waals surface area contributed by atoms with E-state index in [4.69, 9.17) is 10.2 Å². The SMILES string of the molecule is CCC1CCN(c2nnc(N)o2)C1. The van der Waals surface area contributed by atoms with Crippen molar-refractivity contribution in [3.63, 3.8) is 0 Å². The van der Waals surface area contributed by atoms with Crippen molar-refractivity contribution < 1.29 is 4.42 Å². The third-order valence-corrected chi connectivity index (χ3v) is 2.56. The third kappa shape index (κ3) is 1.59. The van der Waals surface area contributed by atoms with Gasteiger partial charge in [0, 0.05) is 13.1 Å². The summed E-state index contributed by atoms with van der Waals surface area (Å²) in [6.45, 7) is 4.22. The molecule has 2 N–H and O–H groups in total. The number of nitrogens with two attached hydrogens (primary N) is 1. The fourth-order valence-corrected chi connectivity index (χ4v) is 1.69. The van der Waals surface area contributed by atoms with E-state index in [-0.39, 0.29) is 6.01 Å². The summed E-state index contributed by atoms with van der Waals surface area (Å²) in [6, 6.07) is 0.711. The molecule has 0 amide bonds. The van der Waals surface area contributed by atoms with Crippen molar-refractivity contribution in [2.24, 2.45) is 5.92 Å². The maximum absolute atomic E-state index is 5.35. The molecule has 0 saturated carbocycles. The van der Waals surface area contributed by atoms with Gasteiger partial charge in [0.15, 0.2) is 0 Å². The average molecular weight is 182 g/mol. The van der Waals surface area contributed by atoms with Gasteiger partial charge in [0.2, 0.25) is 0 Å². The van der Waals surface area contributed by atoms with Crippen molar-refractivity contribution in [1.29, 1.82) is 0 Å². The maximum atomic E-state index is 5.35. The number of anilines is 2. The Labute approximate surface area is 76.9 Å². The Morgan fingerprint density at radius 1 is 1.62 bits per heavy atom. The number of aromatic nitrogens is 2. The van der Waals surface area contributed by atoms with Gasteiger partial charge >= 0.3 is 12.0 Å². The van der Waals surface area contributed by atoms with E-state index in [1.165, 1.54) is 12.8 Å². The first-order valence-electron chi connectivity index (χ1n) is 4.63. The minimum atomic E-state index is 0.148. The molecule has 1 aliphatic heterocycles. The van der Waals surface area contributed by atoms with Gasteiger partial charge in [-0.2, -0.15) is 0 Å². The molecule has 1 atom stereocenters. The summed E-state index contributed by atoms with van der Waals surface area (Å²) >= 11 is 0. The van der Waals surface area contributed by atoms with Crippen molar-refractivity contribution in [3.05, 3.63) is 0 Å². The molecule has 1 aliphatic rings. The van der Waals surface area contributed by atoms with Crippen LogP contribution in [0, 0.1) is 5.92 Å². The molecule has 1 fully saturated rings. The maximum Gasteiger partial charge on any atom is 0.319 e. The summed E-state index contributed by atoms with van der Waals surface area (Å²) in [5, 5.41) is 7.48. The van der Waals surface area contributed by atoms with Crippen LogP contribution >= 0.6 is 0 Å². The highest BCUT2D eigenvalue weighted by Gasteiger charge is 2.24. The largest absolute Gasteiger partial charge is 0.390 e. The Hall–Kier alpha value is -1.26. The quantitative estimate of drug-likeness (QED) is 0.735. The van der Waals surface area contributed by atoms with Crippen molar-refractivity contribution in [2.45, 2.75) is 19.8 Å². The molecule has 0 spiro atoms. The third-order valence-electron chi connectivity index (χ3n) is 2.56. The Morgan fingerprint density at radius 2 is 2.46 bits per heavy atom. The zero-order valence-electron chi connectivity index (χ0n) is 7.73. The van der Waals surface area contributed by atoms with Crippen molar-refractivity contribution in [1.82, 2.24) is 10.2 Å². The number of rotatable bonds is 2. The van der Waals surface area contributed by atoms with Crippen LogP contribution < -0.4 is 10.6 Å². The van der Waals surface area contributed by atoms with Gasteiger partial charge < -0.3 is 15.1 Å². The van der Waals surface area contributed by atoms with Crippen LogP contribution in [0.5, 0.6) is 0 Å². The molecule has 0 aromatic carbocycles. The van der Waals surface area contributed by atoms with Gasteiger partial charge in [-0.05, 0) is 12.3 Å². The predicted molar refractivity (Wildman–Crippen MR) is 49.3 cm³/mol. The highest BCUT2D eigenvalue weighted by Crippen LogP contribution is 2.24. The molecule has 0 radical (unpaired) electrons. The van der Waals surface area contributed by atoms with Crippen LogP contribution in [0.3, 0.4) is 0 Å². The summed E-state index contributed by atoms with van der Waals surface area (Å²) < 4.78 is 5.14. The molecule has 5 nitrogen and oxygen atoms in total. The van der Waals surface area contributed by atoms with Crippen molar-refractivity contribution >= 4 is 12.0 Å². The number of hydrogen-bond acceptors (Lipinski definition) is 5. The topological polar surface area (TPSA) is 68.2 Å². The Bertz CT molecular complexity index is 285. The van der Waals surface area contributed by atoms with E-state index in [0.29, 0.717) is 6.01 Å². The lowest BCUT2D eigenvalue weighted by Crippen LogP contribution is -2.19. The minimum absolute atomic E-state index is 0.148. The van der Waals surface area contributed by atoms with E-state index in [2.05, 4.69) is 22.0 Å². The fourth-order valence-electron chi connectivity index (χ4n) is 1.69. The van der Waals surface area contributed by atoms with Crippen LogP contribution in [0.4, 0.5) is 12.0 Å². The fraction of sp³-hybridized carbons (Fsp3) is 0.750. The molecule has 2 heterocycles. The predicted octanol–water partition coefficient (Wildman–Crippen LogP) is 0.888. The van der Waals surface area contributed by atoms with Crippen LogP contribution in [0.2, 0.25) is 0 Å². The van der Waals surface area contributed by atoms with Gasteiger partial charge in [-0.25, -0.2) is 0 Å². The van der Waals surface area contributed by atoms with Crippen LogP contribution in [0.1, 0.15) is 19.8 Å². The molecule has 1 saturated heterocycles. The molecular weight excluding hydrogens is 168 g/mol. The Balaban J connectivity index is 2.03. The second-order valence-electron chi connectivity index (χ2n) is 3.43. The highest BCUT2D eigenvalue weighted by atomic mass is 16.4. The summed E-state index contributed by atoms with van der Waals surface area (Å²) in [6.07, 6.45) is 2.42. The summed E-state index contributed by atoms with van der Waals surface area (Å²) in [4.78, 5) is 2.09. The second-order valence-corrected chi connectivity index (χ2v) is 3.43. The van der Waals surface area contributed by atoms with Crippen molar-refractivity contribution in [2.75, 3.05) is 23.7 Å². The molecule has 2 rings (SSSR count). The number of nitrogen functional groups attached to an aromatic ring is 1. The highest BCUT2D eigenvalue weighted by molar-refractivity contribution is 5.29. The standard InChI is InChI=1S/C8H14N4O/c1-2-6-3-4-12(5-6)8-11-10-7(9)13-8/h6H,2-5H2,1H3,(H2,9,10). The molecular formula is C8H14N4O. The molecule has 1 aromatic heterocycles. The summed E-state index contributed by atoms with van der Waals surface area (Å²) in [5.41, 5.74) is 5.35. The first kappa shape index (κ1) is 8.34. The zero-order chi connectivity index (χ0) is 9.26. The van der Waals surface area contributed by atoms with Gasteiger partial charge in [0.1, 0.15) is 0 Å². The van der Waals surface area contributed by atoms with Crippen LogP contribution in [-0.2, 0) is 0 Å². The average Bonchev–Trinajstić information content (AvgIpc) is 2.71. The van der Waals surface area contributed by atoms with Crippen molar-refractivity contribution in [3.8, 4) is 0 Å². The lowest BCUT2D eigenvalue weighted by Gasteiger charge is -2.11. The molecule has 13 heavy (non-hydrogen) atoms. The van der Waals surface area contributed by atoms with Gasteiger partial charge in [0.05, 0.1) is 0 Å². The van der Waals surface area contributed by atoms with Gasteiger partial charge in [0.25, 0.3) is 0 Å². The van der Waals surface area contributed by atoms with Gasteiger partial charge in [-0.3, -0.25) is 0 Å². The van der Waals surface area contributed by atoms with E-state index in [1.54, 1.807) is 0 Å². The second kappa shape index (κ2) is 3.24. The lowest BCUT2D eigenvalue weighted by atomic mass is 10.1. The molecule has 5 heteroatoms. The zero-order valence-corrected chi connectivity index (χ0v) is 7.73. The molecule has 0 aliphatic carbocycles. The molecule has 0 bridgehead atoms. The van der Waals surface area contributed by atoms with Crippen LogP contribution in [0.15, 0.2) is 4.42 Å². The smallest absolute Gasteiger partial charge is 0.319 e. The number of nitrogens with zero attached hydrogens (tertiary/aromatic N) is 3. The van der Waals surface area contributed by atoms with Gasteiger partial charge in [-0.1, -0.05) is 23.5 Å². The van der Waals surface area contributed by atoms with E-state index < -0.39 is 0 Å². The minimum Gasteiger partial charge on any atom is -0.390 e. The first-order valence-corrected chi connectivity index (χ1v) is 4.63. The Kier molecular flexibility index (Phi) is 2.08. The first-order chi connectivity index (χ1) is 6.29. The van der Waals surface area contributed by atoms with E-state index >= 15 is 0 Å². The van der Waals surface area contributed by atoms with Crippen LogP contribution in [-0.4, -0.2) is 23.3 Å². The summed E-state index contributed by atoms with van der Waals surface area (Å²) in [5.74, 6) is 0.758. The van der Waals surface area contributed by atoms with Crippen LogP contribution in [0.25, 0.3) is 0 Å². The van der Waals surface area contributed by atoms with Gasteiger partial charge in [-0.15, -0.1) is 0 Å².